The fourth-order valence-corrected chi connectivity index (χ4v) is 4.25. The van der Waals surface area contributed by atoms with Gasteiger partial charge in [-0.3, -0.25) is 14.4 Å². The zero-order valence-electron chi connectivity index (χ0n) is 20.4. The van der Waals surface area contributed by atoms with Crippen molar-refractivity contribution < 1.29 is 28.6 Å². The normalized spacial score (nSPS) is 14.9. The van der Waals surface area contributed by atoms with Gasteiger partial charge in [0, 0.05) is 18.8 Å². The predicted octanol–water partition coefficient (Wildman–Crippen LogP) is 2.68. The standard InChI is InChI=1S/C25H29IN4O6/c1-15-6-4-8-20(16(15)2)29-22(31)14-36-23-19(26)10-17(11-21(23)34-3)12-28-30-25(33)24(32)27-13-18-7-5-9-35-18/h4,6,8,10-12,18H,5,7,9,13-14H2,1-3H3,(H,27,32)(H,29,31)(H,30,33)/b28-12-/t18-/m0/s1. The third-order valence-electron chi connectivity index (χ3n) is 5.58. The Hall–Kier alpha value is -3.19. The summed E-state index contributed by atoms with van der Waals surface area (Å²) >= 11 is 2.06. The summed E-state index contributed by atoms with van der Waals surface area (Å²) in [5.41, 5.74) is 5.61. The highest BCUT2D eigenvalue weighted by atomic mass is 127. The number of nitrogens with one attached hydrogen (secondary N) is 3. The molecule has 0 aliphatic carbocycles. The van der Waals surface area contributed by atoms with E-state index in [2.05, 4.69) is 43.8 Å². The number of hydrogen-bond donors (Lipinski definition) is 3. The number of ether oxygens (including phenoxy) is 3. The fraction of sp³-hybridized carbons (Fsp3) is 0.360. The van der Waals surface area contributed by atoms with Crippen LogP contribution in [0.3, 0.4) is 0 Å². The highest BCUT2D eigenvalue weighted by molar-refractivity contribution is 14.1. The van der Waals surface area contributed by atoms with Gasteiger partial charge in [0.2, 0.25) is 0 Å². The van der Waals surface area contributed by atoms with Gasteiger partial charge in [-0.05, 0) is 84.2 Å². The minimum atomic E-state index is -0.874. The number of benzene rings is 2. The molecule has 3 amide bonds. The Morgan fingerprint density at radius 1 is 1.22 bits per heavy atom. The average Bonchev–Trinajstić information content (AvgIpc) is 3.38. The third kappa shape index (κ3) is 7.65. The van der Waals surface area contributed by atoms with Gasteiger partial charge >= 0.3 is 11.8 Å². The van der Waals surface area contributed by atoms with Gasteiger partial charge in [0.1, 0.15) is 0 Å². The average molecular weight is 608 g/mol. The summed E-state index contributed by atoms with van der Waals surface area (Å²) in [6.45, 7) is 4.67. The summed E-state index contributed by atoms with van der Waals surface area (Å²) < 4.78 is 17.2. The van der Waals surface area contributed by atoms with Crippen molar-refractivity contribution in [2.24, 2.45) is 5.10 Å². The van der Waals surface area contributed by atoms with Gasteiger partial charge in [-0.2, -0.15) is 5.10 Å². The molecular weight excluding hydrogens is 579 g/mol. The monoisotopic (exact) mass is 608 g/mol. The van der Waals surface area contributed by atoms with Crippen LogP contribution in [0.2, 0.25) is 0 Å². The van der Waals surface area contributed by atoms with Crippen LogP contribution in [-0.2, 0) is 19.1 Å². The Labute approximate surface area is 223 Å². The highest BCUT2D eigenvalue weighted by Crippen LogP contribution is 2.33. The number of methoxy groups -OCH3 is 1. The quantitative estimate of drug-likeness (QED) is 0.174. The van der Waals surface area contributed by atoms with Gasteiger partial charge in [0.25, 0.3) is 5.91 Å². The number of aryl methyl sites for hydroxylation is 1. The lowest BCUT2D eigenvalue weighted by molar-refractivity contribution is -0.139. The number of halogens is 1. The van der Waals surface area contributed by atoms with Crippen LogP contribution in [0.1, 0.15) is 29.5 Å². The van der Waals surface area contributed by atoms with Gasteiger partial charge in [-0.25, -0.2) is 5.43 Å². The summed E-state index contributed by atoms with van der Waals surface area (Å²) in [5.74, 6) is -1.15. The molecule has 10 nitrogen and oxygen atoms in total. The third-order valence-corrected chi connectivity index (χ3v) is 6.38. The first kappa shape index (κ1) is 27.4. The van der Waals surface area contributed by atoms with Crippen LogP contribution in [0.25, 0.3) is 0 Å². The Morgan fingerprint density at radius 2 is 2.03 bits per heavy atom. The van der Waals surface area contributed by atoms with Gasteiger partial charge in [0.15, 0.2) is 18.1 Å². The fourth-order valence-electron chi connectivity index (χ4n) is 3.47. The molecule has 2 aromatic rings. The minimum absolute atomic E-state index is 0.0572. The van der Waals surface area contributed by atoms with Crippen LogP contribution in [0.5, 0.6) is 11.5 Å². The number of anilines is 1. The second kappa shape index (κ2) is 13.2. The maximum Gasteiger partial charge on any atom is 0.329 e. The second-order valence-corrected chi connectivity index (χ2v) is 9.32. The molecule has 3 rings (SSSR count). The molecule has 1 aliphatic heterocycles. The van der Waals surface area contributed by atoms with Crippen molar-refractivity contribution in [1.82, 2.24) is 10.7 Å². The number of hydrazone groups is 1. The van der Waals surface area contributed by atoms with Gasteiger partial charge in [0.05, 0.1) is 23.0 Å². The first-order valence-electron chi connectivity index (χ1n) is 11.4. The van der Waals surface area contributed by atoms with Crippen LogP contribution in [-0.4, -0.2) is 56.9 Å². The van der Waals surface area contributed by atoms with Gasteiger partial charge in [-0.1, -0.05) is 12.1 Å². The molecule has 0 aromatic heterocycles. The lowest BCUT2D eigenvalue weighted by Crippen LogP contribution is -2.41. The van der Waals surface area contributed by atoms with Gasteiger partial charge < -0.3 is 24.8 Å². The maximum atomic E-state index is 12.4. The molecular formula is C25H29IN4O6. The zero-order chi connectivity index (χ0) is 26.1. The molecule has 1 saturated heterocycles. The molecule has 2 aromatic carbocycles. The molecule has 0 unspecified atom stereocenters. The van der Waals surface area contributed by atoms with E-state index in [1.807, 2.05) is 32.0 Å². The van der Waals surface area contributed by atoms with Crippen LogP contribution >= 0.6 is 22.6 Å². The lowest BCUT2D eigenvalue weighted by Gasteiger charge is -2.14. The summed E-state index contributed by atoms with van der Waals surface area (Å²) in [7, 11) is 1.48. The van der Waals surface area contributed by atoms with Crippen molar-refractivity contribution >= 4 is 52.2 Å². The van der Waals surface area contributed by atoms with E-state index in [-0.39, 0.29) is 25.2 Å². The van der Waals surface area contributed by atoms with E-state index in [1.165, 1.54) is 13.3 Å². The number of nitrogens with zero attached hydrogens (tertiary/aromatic N) is 1. The Balaban J connectivity index is 1.54. The van der Waals surface area contributed by atoms with E-state index in [9.17, 15) is 14.4 Å². The topological polar surface area (TPSA) is 127 Å². The van der Waals surface area contributed by atoms with E-state index < -0.39 is 11.8 Å². The number of hydrogen-bond acceptors (Lipinski definition) is 7. The molecule has 1 aliphatic rings. The summed E-state index contributed by atoms with van der Waals surface area (Å²) in [6.07, 6.45) is 3.13. The first-order valence-corrected chi connectivity index (χ1v) is 12.5. The molecule has 0 saturated carbocycles. The number of carbonyl (C=O) groups excluding carboxylic acids is 3. The van der Waals surface area contributed by atoms with Crippen molar-refractivity contribution in [1.29, 1.82) is 0 Å². The highest BCUT2D eigenvalue weighted by Gasteiger charge is 2.19. The summed E-state index contributed by atoms with van der Waals surface area (Å²) in [6, 6.07) is 9.09. The molecule has 0 bridgehead atoms. The van der Waals surface area contributed by atoms with E-state index in [0.29, 0.717) is 27.2 Å². The summed E-state index contributed by atoms with van der Waals surface area (Å²) in [5, 5.41) is 9.23. The second-order valence-electron chi connectivity index (χ2n) is 8.16. The molecule has 11 heteroatoms. The number of carbonyl (C=O) groups is 3. The Kier molecular flexibility index (Phi) is 10.1. The van der Waals surface area contributed by atoms with Crippen LogP contribution in [0.4, 0.5) is 5.69 Å². The van der Waals surface area contributed by atoms with Gasteiger partial charge in [-0.15, -0.1) is 0 Å². The van der Waals surface area contributed by atoms with Crippen LogP contribution < -0.4 is 25.5 Å². The van der Waals surface area contributed by atoms with Crippen molar-refractivity contribution in [2.45, 2.75) is 32.8 Å². The van der Waals surface area contributed by atoms with Crippen LogP contribution in [0.15, 0.2) is 35.4 Å². The minimum Gasteiger partial charge on any atom is -0.493 e. The van der Waals surface area contributed by atoms with Crippen molar-refractivity contribution in [3.05, 3.63) is 50.6 Å². The zero-order valence-corrected chi connectivity index (χ0v) is 22.5. The predicted molar refractivity (Wildman–Crippen MR) is 143 cm³/mol. The van der Waals surface area contributed by atoms with E-state index >= 15 is 0 Å². The number of amides is 3. The molecule has 1 atom stereocenters. The molecule has 192 valence electrons. The number of rotatable bonds is 9. The molecule has 1 fully saturated rings. The van der Waals surface area contributed by atoms with E-state index in [1.54, 1.807) is 12.1 Å². The first-order chi connectivity index (χ1) is 17.3. The molecule has 3 N–H and O–H groups in total. The smallest absolute Gasteiger partial charge is 0.329 e. The SMILES string of the molecule is COc1cc(/C=N\NC(=O)C(=O)NC[C@@H]2CCCO2)cc(I)c1OCC(=O)Nc1cccc(C)c1C. The Morgan fingerprint density at radius 3 is 2.75 bits per heavy atom. The van der Waals surface area contributed by atoms with Crippen molar-refractivity contribution in [2.75, 3.05) is 32.2 Å². The Bertz CT molecular complexity index is 1150. The summed E-state index contributed by atoms with van der Waals surface area (Å²) in [4.78, 5) is 36.3. The molecule has 36 heavy (non-hydrogen) atoms. The van der Waals surface area contributed by atoms with Crippen LogP contribution in [0, 0.1) is 17.4 Å². The maximum absolute atomic E-state index is 12.4. The molecule has 0 radical (unpaired) electrons. The van der Waals surface area contributed by atoms with E-state index in [4.69, 9.17) is 14.2 Å². The molecule has 0 spiro atoms. The molecule has 1 heterocycles. The lowest BCUT2D eigenvalue weighted by atomic mass is 10.1. The largest absolute Gasteiger partial charge is 0.493 e. The van der Waals surface area contributed by atoms with Crippen molar-refractivity contribution in [3.8, 4) is 11.5 Å². The van der Waals surface area contributed by atoms with Crippen molar-refractivity contribution in [3.63, 3.8) is 0 Å². The van der Waals surface area contributed by atoms with E-state index in [0.717, 1.165) is 29.7 Å².